The highest BCUT2D eigenvalue weighted by Gasteiger charge is 2.29. The molecule has 0 heterocycles. The Labute approximate surface area is 272 Å². The van der Waals surface area contributed by atoms with Crippen LogP contribution in [0.25, 0.3) is 0 Å². The minimum atomic E-state index is -0.804. The molecule has 9 nitrogen and oxygen atoms in total. The molecule has 0 unspecified atom stereocenters. The Morgan fingerprint density at radius 2 is 1.42 bits per heavy atom. The molecule has 0 aliphatic rings. The molecule has 0 aliphatic heterocycles. The van der Waals surface area contributed by atoms with Crippen LogP contribution in [0.1, 0.15) is 45.7 Å². The van der Waals surface area contributed by atoms with Crippen LogP contribution in [-0.4, -0.2) is 53.9 Å². The topological polar surface area (TPSA) is 118 Å². The van der Waals surface area contributed by atoms with Crippen molar-refractivity contribution in [1.82, 2.24) is 16.0 Å². The van der Waals surface area contributed by atoms with E-state index < -0.39 is 29.8 Å². The van der Waals surface area contributed by atoms with Gasteiger partial charge < -0.3 is 30.7 Å². The molecule has 45 heavy (non-hydrogen) atoms. The van der Waals surface area contributed by atoms with Gasteiger partial charge >= 0.3 is 6.09 Å². The number of hydrogen-bond acceptors (Lipinski definition) is 7. The maximum absolute atomic E-state index is 13.4. The van der Waals surface area contributed by atoms with Gasteiger partial charge in [0.1, 0.15) is 24.0 Å². The fourth-order valence-corrected chi connectivity index (χ4v) is 4.63. The van der Waals surface area contributed by atoms with Crippen LogP contribution >= 0.6 is 12.6 Å². The van der Waals surface area contributed by atoms with Gasteiger partial charge in [-0.15, -0.1) is 0 Å². The molecule has 0 spiro atoms. The van der Waals surface area contributed by atoms with E-state index in [0.29, 0.717) is 24.5 Å². The highest BCUT2D eigenvalue weighted by molar-refractivity contribution is 7.80. The van der Waals surface area contributed by atoms with E-state index in [-0.39, 0.29) is 24.3 Å². The summed E-state index contributed by atoms with van der Waals surface area (Å²) in [6.07, 6.45) is -0.259. The number of carbonyl (C=O) groups is 3. The van der Waals surface area contributed by atoms with Crippen LogP contribution in [-0.2, 0) is 27.4 Å². The molecule has 0 radical (unpaired) electrons. The molecule has 0 aromatic heterocycles. The third-order valence-electron chi connectivity index (χ3n) is 6.77. The molecular formula is C35H46N4O5S. The van der Waals surface area contributed by atoms with Crippen LogP contribution in [0.2, 0.25) is 0 Å². The minimum Gasteiger partial charge on any atom is -0.489 e. The lowest BCUT2D eigenvalue weighted by Gasteiger charge is -2.28. The van der Waals surface area contributed by atoms with Crippen molar-refractivity contribution in [3.05, 3.63) is 96.1 Å². The summed E-state index contributed by atoms with van der Waals surface area (Å²) in [6, 6.07) is 25.0. The molecule has 3 aromatic carbocycles. The summed E-state index contributed by atoms with van der Waals surface area (Å²) in [5, 5.41) is 11.9. The monoisotopic (exact) mass is 634 g/mol. The molecule has 0 bridgehead atoms. The first-order valence-corrected chi connectivity index (χ1v) is 15.8. The van der Waals surface area contributed by atoms with E-state index in [1.165, 1.54) is 0 Å². The van der Waals surface area contributed by atoms with Gasteiger partial charge in [0, 0.05) is 18.0 Å². The second-order valence-electron chi connectivity index (χ2n) is 12.2. The summed E-state index contributed by atoms with van der Waals surface area (Å²) in [6.45, 7) is 9.72. The van der Waals surface area contributed by atoms with E-state index >= 15 is 0 Å². The van der Waals surface area contributed by atoms with Crippen LogP contribution in [0.3, 0.4) is 0 Å². The van der Waals surface area contributed by atoms with E-state index in [0.717, 1.165) is 16.9 Å². The minimum absolute atomic E-state index is 0.185. The van der Waals surface area contributed by atoms with E-state index in [2.05, 4.69) is 33.9 Å². The number of nitrogens with one attached hydrogen (secondary N) is 4. The number of amides is 3. The smallest absolute Gasteiger partial charge is 0.408 e. The first-order valence-electron chi connectivity index (χ1n) is 15.2. The lowest BCUT2D eigenvalue weighted by Crippen LogP contribution is -2.56. The Morgan fingerprint density at radius 3 is 2.00 bits per heavy atom. The maximum atomic E-state index is 13.4. The molecule has 10 heteroatoms. The zero-order valence-electron chi connectivity index (χ0n) is 26.7. The molecular weight excluding hydrogens is 588 g/mol. The first kappa shape index (κ1) is 35.5. The quantitative estimate of drug-likeness (QED) is 0.144. The Bertz CT molecular complexity index is 1350. The Morgan fingerprint density at radius 1 is 0.800 bits per heavy atom. The summed E-state index contributed by atoms with van der Waals surface area (Å²) in [7, 11) is 0. The standard InChI is InChI=1S/C35H46N4O5S/c1-24(2)31(39-34(42)44-35(3,4)5)33(41)38-28(23-45)21-36-30(32(40)37-27-14-10-7-11-15-27)20-25-16-18-29(19-17-25)43-22-26-12-8-6-9-13-26/h6-19,24,28,30-31,36,45H,20-23H2,1-5H3,(H,37,40)(H,38,41)(H,39,42)/t28-,30+,31+/m1/s1. The first-order chi connectivity index (χ1) is 21.4. The number of alkyl carbamates (subject to hydrolysis) is 1. The summed E-state index contributed by atoms with van der Waals surface area (Å²) in [4.78, 5) is 39.0. The van der Waals surface area contributed by atoms with Crippen LogP contribution in [0.4, 0.5) is 10.5 Å². The van der Waals surface area contributed by atoms with Gasteiger partial charge in [-0.1, -0.05) is 74.5 Å². The van der Waals surface area contributed by atoms with E-state index in [1.807, 2.05) is 98.8 Å². The van der Waals surface area contributed by atoms with Crippen LogP contribution in [0.5, 0.6) is 5.75 Å². The van der Waals surface area contributed by atoms with Gasteiger partial charge in [-0.2, -0.15) is 12.6 Å². The number of ether oxygens (including phenoxy) is 2. The summed E-state index contributed by atoms with van der Waals surface area (Å²) in [5.74, 6) is 0.305. The molecule has 4 N–H and O–H groups in total. The summed E-state index contributed by atoms with van der Waals surface area (Å²) >= 11 is 4.45. The van der Waals surface area contributed by atoms with Gasteiger partial charge in [-0.3, -0.25) is 9.59 Å². The second kappa shape index (κ2) is 17.5. The average molecular weight is 635 g/mol. The maximum Gasteiger partial charge on any atom is 0.408 e. The fourth-order valence-electron chi connectivity index (χ4n) is 4.41. The number of carbonyl (C=O) groups excluding carboxylic acids is 3. The summed E-state index contributed by atoms with van der Waals surface area (Å²) in [5.41, 5.74) is 2.01. The molecule has 3 amide bonds. The number of anilines is 1. The van der Waals surface area contributed by atoms with Crippen LogP contribution < -0.4 is 26.0 Å². The van der Waals surface area contributed by atoms with E-state index in [1.54, 1.807) is 20.8 Å². The average Bonchev–Trinajstić information content (AvgIpc) is 3.00. The number of benzene rings is 3. The van der Waals surface area contributed by atoms with Crippen molar-refractivity contribution in [3.63, 3.8) is 0 Å². The van der Waals surface area contributed by atoms with Gasteiger partial charge in [0.2, 0.25) is 11.8 Å². The highest BCUT2D eigenvalue weighted by Crippen LogP contribution is 2.17. The lowest BCUT2D eigenvalue weighted by molar-refractivity contribution is -0.124. The van der Waals surface area contributed by atoms with Crippen molar-refractivity contribution in [1.29, 1.82) is 0 Å². The van der Waals surface area contributed by atoms with Gasteiger partial charge in [-0.25, -0.2) is 4.79 Å². The molecule has 3 rings (SSSR count). The zero-order chi connectivity index (χ0) is 32.8. The van der Waals surface area contributed by atoms with Crippen molar-refractivity contribution in [2.24, 2.45) is 5.92 Å². The molecule has 0 saturated carbocycles. The Balaban J connectivity index is 1.66. The zero-order valence-corrected chi connectivity index (χ0v) is 27.6. The number of thiol groups is 1. The number of rotatable bonds is 15. The second-order valence-corrected chi connectivity index (χ2v) is 12.6. The van der Waals surface area contributed by atoms with Gasteiger partial charge in [0.05, 0.1) is 12.1 Å². The predicted octanol–water partition coefficient (Wildman–Crippen LogP) is 5.37. The largest absolute Gasteiger partial charge is 0.489 e. The van der Waals surface area contributed by atoms with Crippen LogP contribution in [0, 0.1) is 5.92 Å². The third-order valence-corrected chi connectivity index (χ3v) is 7.21. The lowest BCUT2D eigenvalue weighted by atomic mass is 10.0. The predicted molar refractivity (Wildman–Crippen MR) is 182 cm³/mol. The van der Waals surface area contributed by atoms with Crippen molar-refractivity contribution in [3.8, 4) is 5.75 Å². The third kappa shape index (κ3) is 12.9. The fraction of sp³-hybridized carbons (Fsp3) is 0.400. The van der Waals surface area contributed by atoms with Crippen molar-refractivity contribution >= 4 is 36.2 Å². The van der Waals surface area contributed by atoms with Crippen molar-refractivity contribution in [2.75, 3.05) is 17.6 Å². The number of para-hydroxylation sites is 1. The molecule has 3 aromatic rings. The number of hydrogen-bond donors (Lipinski definition) is 5. The van der Waals surface area contributed by atoms with Crippen molar-refractivity contribution < 1.29 is 23.9 Å². The molecule has 0 saturated heterocycles. The molecule has 0 aliphatic carbocycles. The Hall–Kier alpha value is -4.02. The SMILES string of the molecule is CC(C)[C@H](NC(=O)OC(C)(C)C)C(=O)N[C@@H](CS)CN[C@@H](Cc1ccc(OCc2ccccc2)cc1)C(=O)Nc1ccccc1. The molecule has 3 atom stereocenters. The normalized spacial score (nSPS) is 13.3. The summed E-state index contributed by atoms with van der Waals surface area (Å²) < 4.78 is 11.3. The van der Waals surface area contributed by atoms with Crippen molar-refractivity contribution in [2.45, 2.75) is 71.4 Å². The van der Waals surface area contributed by atoms with Gasteiger partial charge in [0.25, 0.3) is 0 Å². The van der Waals surface area contributed by atoms with E-state index in [9.17, 15) is 14.4 Å². The van der Waals surface area contributed by atoms with E-state index in [4.69, 9.17) is 9.47 Å². The van der Waals surface area contributed by atoms with Gasteiger partial charge in [0.15, 0.2) is 0 Å². The molecule has 0 fully saturated rings. The highest BCUT2D eigenvalue weighted by atomic mass is 32.1. The van der Waals surface area contributed by atoms with Gasteiger partial charge in [-0.05, 0) is 68.5 Å². The molecule has 242 valence electrons. The van der Waals surface area contributed by atoms with Crippen LogP contribution in [0.15, 0.2) is 84.9 Å². The Kier molecular flexibility index (Phi) is 13.8.